The molecular weight excluding hydrogens is 545 g/mol. The number of anilines is 2. The van der Waals surface area contributed by atoms with Crippen LogP contribution in [0, 0.1) is 11.8 Å². The van der Waals surface area contributed by atoms with Gasteiger partial charge in [-0.05, 0) is 68.7 Å². The minimum Gasteiger partial charge on any atom is -0.363 e. The molecule has 4 heterocycles. The van der Waals surface area contributed by atoms with Crippen molar-refractivity contribution < 1.29 is 8.42 Å². The van der Waals surface area contributed by atoms with Gasteiger partial charge in [-0.1, -0.05) is 29.3 Å². The lowest BCUT2D eigenvalue weighted by molar-refractivity contribution is 0.0533. The van der Waals surface area contributed by atoms with E-state index in [9.17, 15) is 8.42 Å². The molecule has 38 heavy (non-hydrogen) atoms. The number of nitrogens with zero attached hydrogens (tertiary/aromatic N) is 6. The molecule has 3 aromatic rings. The van der Waals surface area contributed by atoms with Gasteiger partial charge in [0.1, 0.15) is 27.8 Å². The number of aromatic nitrogens is 4. The fourth-order valence-corrected chi connectivity index (χ4v) is 7.87. The first-order valence-electron chi connectivity index (χ1n) is 13.3. The van der Waals surface area contributed by atoms with E-state index in [0.717, 1.165) is 56.2 Å². The normalized spacial score (nSPS) is 25.7. The van der Waals surface area contributed by atoms with Crippen LogP contribution in [0.3, 0.4) is 0 Å². The molecule has 2 saturated heterocycles. The predicted molar refractivity (Wildman–Crippen MR) is 151 cm³/mol. The Bertz CT molecular complexity index is 1440. The van der Waals surface area contributed by atoms with Crippen LogP contribution in [-0.2, 0) is 9.84 Å². The highest BCUT2D eigenvalue weighted by molar-refractivity contribution is 7.91. The molecular formula is C26H33Cl2N7O2S. The third-order valence-corrected chi connectivity index (χ3v) is 10.8. The van der Waals surface area contributed by atoms with Gasteiger partial charge in [-0.3, -0.25) is 0 Å². The van der Waals surface area contributed by atoms with Crippen LogP contribution in [-0.4, -0.2) is 76.6 Å². The molecule has 1 aromatic carbocycles. The van der Waals surface area contributed by atoms with Gasteiger partial charge >= 0.3 is 0 Å². The summed E-state index contributed by atoms with van der Waals surface area (Å²) >= 11 is 12.5. The highest BCUT2D eigenvalue weighted by Gasteiger charge is 2.43. The third kappa shape index (κ3) is 5.08. The smallest absolute Gasteiger partial charge is 0.256 e. The Morgan fingerprint density at radius 3 is 2.63 bits per heavy atom. The highest BCUT2D eigenvalue weighted by atomic mass is 35.5. The van der Waals surface area contributed by atoms with Gasteiger partial charge in [0.05, 0.1) is 11.3 Å². The van der Waals surface area contributed by atoms with E-state index >= 15 is 0 Å². The number of benzene rings is 1. The van der Waals surface area contributed by atoms with Crippen molar-refractivity contribution in [2.24, 2.45) is 11.8 Å². The van der Waals surface area contributed by atoms with Crippen LogP contribution in [0.1, 0.15) is 44.2 Å². The summed E-state index contributed by atoms with van der Waals surface area (Å²) in [6, 6.07) is 7.91. The van der Waals surface area contributed by atoms with E-state index in [1.54, 1.807) is 10.6 Å². The van der Waals surface area contributed by atoms with Crippen molar-refractivity contribution >= 4 is 50.5 Å². The van der Waals surface area contributed by atoms with Gasteiger partial charge in [-0.2, -0.15) is 19.6 Å². The second-order valence-corrected chi connectivity index (χ2v) is 14.3. The maximum Gasteiger partial charge on any atom is 0.256 e. The Kier molecular flexibility index (Phi) is 6.95. The van der Waals surface area contributed by atoms with Crippen LogP contribution < -0.4 is 10.2 Å². The summed E-state index contributed by atoms with van der Waals surface area (Å²) in [6.07, 6.45) is 6.89. The Hall–Kier alpha value is -2.14. The molecule has 2 atom stereocenters. The molecule has 0 amide bonds. The van der Waals surface area contributed by atoms with Crippen molar-refractivity contribution in [1.29, 1.82) is 0 Å². The molecule has 1 N–H and O–H groups in total. The molecule has 3 aliphatic rings. The van der Waals surface area contributed by atoms with Crippen molar-refractivity contribution in [1.82, 2.24) is 24.5 Å². The monoisotopic (exact) mass is 577 g/mol. The van der Waals surface area contributed by atoms with Gasteiger partial charge in [0.25, 0.3) is 5.78 Å². The average molecular weight is 579 g/mol. The average Bonchev–Trinajstić information content (AvgIpc) is 3.25. The van der Waals surface area contributed by atoms with Crippen LogP contribution >= 0.6 is 23.2 Å². The number of nitrogens with one attached hydrogen (secondary N) is 1. The number of piperidine rings is 1. The van der Waals surface area contributed by atoms with E-state index in [4.69, 9.17) is 28.2 Å². The van der Waals surface area contributed by atoms with Gasteiger partial charge in [0.2, 0.25) is 0 Å². The third-order valence-electron chi connectivity index (χ3n) is 8.61. The van der Waals surface area contributed by atoms with Gasteiger partial charge in [-0.15, -0.1) is 0 Å². The quantitative estimate of drug-likeness (QED) is 0.443. The molecule has 9 nitrogen and oxygen atoms in total. The molecule has 2 aromatic heterocycles. The Morgan fingerprint density at radius 2 is 1.89 bits per heavy atom. The van der Waals surface area contributed by atoms with Crippen molar-refractivity contribution in [2.45, 2.75) is 49.9 Å². The summed E-state index contributed by atoms with van der Waals surface area (Å²) in [5.74, 6) is 3.50. The number of likely N-dealkylation sites (tertiary alicyclic amines) is 1. The molecule has 0 bridgehead atoms. The Balaban J connectivity index is 1.11. The number of fused-ring (bicyclic) bond motifs is 1. The second-order valence-electron chi connectivity index (χ2n) is 11.1. The summed E-state index contributed by atoms with van der Waals surface area (Å²) < 4.78 is 25.4. The minimum atomic E-state index is -2.91. The minimum absolute atomic E-state index is 0.0754. The van der Waals surface area contributed by atoms with Crippen molar-refractivity contribution in [3.63, 3.8) is 0 Å². The number of halogens is 2. The zero-order chi connectivity index (χ0) is 26.6. The van der Waals surface area contributed by atoms with E-state index < -0.39 is 9.84 Å². The number of hydrogen-bond donors (Lipinski definition) is 1. The van der Waals surface area contributed by atoms with E-state index in [1.165, 1.54) is 25.4 Å². The van der Waals surface area contributed by atoms with Gasteiger partial charge in [0, 0.05) is 48.0 Å². The summed E-state index contributed by atoms with van der Waals surface area (Å²) in [7, 11) is -2.91. The zero-order valence-corrected chi connectivity index (χ0v) is 23.9. The first-order chi connectivity index (χ1) is 18.2. The molecule has 204 valence electrons. The molecule has 0 spiro atoms. The molecule has 1 saturated carbocycles. The summed E-state index contributed by atoms with van der Waals surface area (Å²) in [6.45, 7) is 6.13. The van der Waals surface area contributed by atoms with Crippen LogP contribution in [0.25, 0.3) is 5.78 Å². The van der Waals surface area contributed by atoms with E-state index in [0.29, 0.717) is 33.7 Å². The van der Waals surface area contributed by atoms with Crippen molar-refractivity contribution in [3.8, 4) is 0 Å². The first-order valence-corrected chi connectivity index (χ1v) is 16.0. The predicted octanol–water partition coefficient (Wildman–Crippen LogP) is 4.33. The van der Waals surface area contributed by atoms with Crippen LogP contribution in [0.15, 0.2) is 30.6 Å². The number of hydrogen-bond acceptors (Lipinski definition) is 8. The van der Waals surface area contributed by atoms with Crippen LogP contribution in [0.5, 0.6) is 0 Å². The van der Waals surface area contributed by atoms with Crippen molar-refractivity contribution in [2.75, 3.05) is 42.7 Å². The topological polar surface area (TPSA) is 95.7 Å². The molecule has 0 radical (unpaired) electrons. The van der Waals surface area contributed by atoms with Crippen molar-refractivity contribution in [3.05, 3.63) is 46.2 Å². The van der Waals surface area contributed by atoms with Gasteiger partial charge < -0.3 is 15.1 Å². The highest BCUT2D eigenvalue weighted by Crippen LogP contribution is 2.38. The standard InChI is InChI=1S/C26H33Cl2N7O2S/c1-16(22-6-5-19(27)8-23(22)28)31-25-11-24(32-26-29-15-30-35(25)26)34-13-18(14-34)17-4-3-7-33(12-17)20-9-21(10-20)38(2,36)37/h5-6,8,11,15-18,20-21,31H,3-4,7,9-10,12-14H2,1-2H3/t16?,17?,20-,21-. The SMILES string of the molecule is CC(Nc1cc(N2CC(C3CCCN([C@H]4C[C@H](S(C)(=O)=O)C4)C3)C2)nc2ncnn12)c1ccc(Cl)cc1Cl. The summed E-state index contributed by atoms with van der Waals surface area (Å²) in [5.41, 5.74) is 0.947. The first kappa shape index (κ1) is 26.1. The maximum absolute atomic E-state index is 11.8. The maximum atomic E-state index is 11.8. The Labute approximate surface area is 233 Å². The lowest BCUT2D eigenvalue weighted by Gasteiger charge is -2.50. The summed E-state index contributed by atoms with van der Waals surface area (Å²) in [4.78, 5) is 14.0. The van der Waals surface area contributed by atoms with Crippen LogP contribution in [0.2, 0.25) is 10.0 Å². The fraction of sp³-hybridized carbons (Fsp3) is 0.577. The molecule has 1 aliphatic carbocycles. The molecule has 6 rings (SSSR count). The van der Waals surface area contributed by atoms with Crippen LogP contribution in [0.4, 0.5) is 11.6 Å². The number of rotatable bonds is 7. The lowest BCUT2D eigenvalue weighted by Crippen LogP contribution is -2.57. The second kappa shape index (κ2) is 10.1. The largest absolute Gasteiger partial charge is 0.363 e. The molecule has 2 aliphatic heterocycles. The fourth-order valence-electron chi connectivity index (χ4n) is 6.16. The zero-order valence-electron chi connectivity index (χ0n) is 21.6. The van der Waals surface area contributed by atoms with E-state index in [2.05, 4.69) is 25.2 Å². The Morgan fingerprint density at radius 1 is 1.11 bits per heavy atom. The molecule has 2 unspecified atom stereocenters. The van der Waals surface area contributed by atoms with Gasteiger partial charge in [0.15, 0.2) is 0 Å². The van der Waals surface area contributed by atoms with Gasteiger partial charge in [-0.25, -0.2) is 8.42 Å². The lowest BCUT2D eigenvalue weighted by atomic mass is 9.79. The van der Waals surface area contributed by atoms with E-state index in [1.807, 2.05) is 25.1 Å². The van der Waals surface area contributed by atoms with E-state index in [-0.39, 0.29) is 11.3 Å². The number of sulfone groups is 1. The molecule has 12 heteroatoms. The molecule has 3 fully saturated rings. The summed E-state index contributed by atoms with van der Waals surface area (Å²) in [5, 5.41) is 8.96.